The van der Waals surface area contributed by atoms with E-state index in [1.807, 2.05) is 37.3 Å². The number of aryl methyl sites for hydroxylation is 1. The molecule has 0 saturated carbocycles. The van der Waals surface area contributed by atoms with E-state index in [-0.39, 0.29) is 5.78 Å². The van der Waals surface area contributed by atoms with E-state index in [4.69, 9.17) is 0 Å². The predicted octanol–water partition coefficient (Wildman–Crippen LogP) is 3.84. The van der Waals surface area contributed by atoms with Crippen LogP contribution < -0.4 is 5.32 Å². The van der Waals surface area contributed by atoms with Crippen LogP contribution in [-0.2, 0) is 6.54 Å². The monoisotopic (exact) mass is 361 g/mol. The van der Waals surface area contributed by atoms with E-state index in [1.165, 1.54) is 18.7 Å². The number of benzene rings is 2. The standard InChI is InChI=1S/C12H11NO.C11H16N2/c1-8-11(9(2)14)7-10-5-3-4-6-12(10)13-8;1-2-4-11(5-3-1)10-13-8-6-12-7-9-13/h3-7H,1-2H3;1-5,12H,6-10H2. The second-order valence-corrected chi connectivity index (χ2v) is 6.88. The van der Waals surface area contributed by atoms with Crippen LogP contribution in [0.4, 0.5) is 0 Å². The largest absolute Gasteiger partial charge is 0.314 e. The third-order valence-corrected chi connectivity index (χ3v) is 4.75. The molecule has 0 radical (unpaired) electrons. The molecule has 0 aliphatic carbocycles. The first-order valence-corrected chi connectivity index (χ1v) is 9.48. The molecule has 4 nitrogen and oxygen atoms in total. The van der Waals surface area contributed by atoms with Gasteiger partial charge in [-0.3, -0.25) is 14.7 Å². The second kappa shape index (κ2) is 9.40. The number of Topliss-reactive ketones (excluding diaryl/α,β-unsaturated/α-hetero) is 1. The molecule has 27 heavy (non-hydrogen) atoms. The zero-order valence-corrected chi connectivity index (χ0v) is 16.1. The highest BCUT2D eigenvalue weighted by Crippen LogP contribution is 2.16. The summed E-state index contributed by atoms with van der Waals surface area (Å²) in [6.45, 7) is 9.15. The van der Waals surface area contributed by atoms with Gasteiger partial charge in [-0.05, 0) is 31.5 Å². The number of nitrogens with zero attached hydrogens (tertiary/aromatic N) is 2. The van der Waals surface area contributed by atoms with Crippen molar-refractivity contribution < 1.29 is 4.79 Å². The van der Waals surface area contributed by atoms with Gasteiger partial charge in [0.25, 0.3) is 0 Å². The Morgan fingerprint density at radius 1 is 1.04 bits per heavy atom. The fourth-order valence-electron chi connectivity index (χ4n) is 3.28. The molecule has 1 aliphatic heterocycles. The van der Waals surface area contributed by atoms with Crippen molar-refractivity contribution in [2.24, 2.45) is 0 Å². The summed E-state index contributed by atoms with van der Waals surface area (Å²) in [7, 11) is 0. The lowest BCUT2D eigenvalue weighted by Crippen LogP contribution is -2.42. The van der Waals surface area contributed by atoms with Crippen LogP contribution in [0, 0.1) is 6.92 Å². The molecular weight excluding hydrogens is 334 g/mol. The number of carbonyl (C=O) groups excluding carboxylic acids is 1. The van der Waals surface area contributed by atoms with Crippen molar-refractivity contribution in [2.45, 2.75) is 20.4 Å². The molecule has 1 aliphatic rings. The van der Waals surface area contributed by atoms with Crippen molar-refractivity contribution in [3.05, 3.63) is 77.5 Å². The topological polar surface area (TPSA) is 45.2 Å². The highest BCUT2D eigenvalue weighted by Gasteiger charge is 2.09. The molecule has 2 heterocycles. The van der Waals surface area contributed by atoms with Crippen LogP contribution in [0.3, 0.4) is 0 Å². The lowest BCUT2D eigenvalue weighted by molar-refractivity contribution is 0.101. The number of fused-ring (bicyclic) bond motifs is 1. The molecule has 0 bridgehead atoms. The van der Waals surface area contributed by atoms with Gasteiger partial charge in [0.2, 0.25) is 0 Å². The zero-order chi connectivity index (χ0) is 19.1. The minimum absolute atomic E-state index is 0.0701. The summed E-state index contributed by atoms with van der Waals surface area (Å²) >= 11 is 0. The van der Waals surface area contributed by atoms with Crippen LogP contribution >= 0.6 is 0 Å². The van der Waals surface area contributed by atoms with Crippen molar-refractivity contribution >= 4 is 16.7 Å². The highest BCUT2D eigenvalue weighted by molar-refractivity contribution is 5.98. The molecule has 1 fully saturated rings. The van der Waals surface area contributed by atoms with Crippen LogP contribution in [0.25, 0.3) is 10.9 Å². The molecule has 4 heteroatoms. The maximum atomic E-state index is 11.3. The summed E-state index contributed by atoms with van der Waals surface area (Å²) in [5, 5.41) is 4.38. The van der Waals surface area contributed by atoms with E-state index in [0.29, 0.717) is 5.56 Å². The van der Waals surface area contributed by atoms with Crippen LogP contribution in [-0.4, -0.2) is 41.8 Å². The highest BCUT2D eigenvalue weighted by atomic mass is 16.1. The lowest BCUT2D eigenvalue weighted by Gasteiger charge is -2.27. The predicted molar refractivity (Wildman–Crippen MR) is 111 cm³/mol. The third kappa shape index (κ3) is 5.46. The van der Waals surface area contributed by atoms with E-state index in [1.54, 1.807) is 6.92 Å². The van der Waals surface area contributed by atoms with E-state index in [2.05, 4.69) is 45.5 Å². The van der Waals surface area contributed by atoms with Gasteiger partial charge >= 0.3 is 0 Å². The van der Waals surface area contributed by atoms with Crippen molar-refractivity contribution in [1.82, 2.24) is 15.2 Å². The number of carbonyl (C=O) groups is 1. The maximum absolute atomic E-state index is 11.3. The molecule has 1 saturated heterocycles. The zero-order valence-electron chi connectivity index (χ0n) is 16.1. The summed E-state index contributed by atoms with van der Waals surface area (Å²) in [5.41, 5.74) is 3.87. The molecular formula is C23H27N3O. The smallest absolute Gasteiger partial charge is 0.161 e. The molecule has 0 spiro atoms. The van der Waals surface area contributed by atoms with E-state index < -0.39 is 0 Å². The summed E-state index contributed by atoms with van der Waals surface area (Å²) < 4.78 is 0. The Kier molecular flexibility index (Phi) is 6.69. The molecule has 2 aromatic carbocycles. The Morgan fingerprint density at radius 2 is 1.70 bits per heavy atom. The van der Waals surface area contributed by atoms with Crippen LogP contribution in [0.1, 0.15) is 28.5 Å². The summed E-state index contributed by atoms with van der Waals surface area (Å²) in [4.78, 5) is 18.1. The summed E-state index contributed by atoms with van der Waals surface area (Å²) in [6, 6.07) is 20.4. The Balaban J connectivity index is 0.000000156. The molecule has 0 amide bonds. The number of para-hydroxylation sites is 1. The number of rotatable bonds is 3. The Labute approximate surface area is 161 Å². The summed E-state index contributed by atoms with van der Waals surface area (Å²) in [6.07, 6.45) is 0. The molecule has 0 unspecified atom stereocenters. The van der Waals surface area contributed by atoms with Gasteiger partial charge in [-0.25, -0.2) is 0 Å². The Bertz CT molecular complexity index is 887. The first kappa shape index (κ1) is 19.2. The van der Waals surface area contributed by atoms with Gasteiger partial charge in [-0.15, -0.1) is 0 Å². The molecule has 3 aromatic rings. The number of aromatic nitrogens is 1. The summed E-state index contributed by atoms with van der Waals surface area (Å²) in [5.74, 6) is 0.0701. The van der Waals surface area contributed by atoms with E-state index in [9.17, 15) is 4.79 Å². The van der Waals surface area contributed by atoms with E-state index >= 15 is 0 Å². The van der Waals surface area contributed by atoms with Crippen LogP contribution in [0.5, 0.6) is 0 Å². The Morgan fingerprint density at radius 3 is 2.41 bits per heavy atom. The van der Waals surface area contributed by atoms with Crippen molar-refractivity contribution in [3.8, 4) is 0 Å². The number of hydrogen-bond donors (Lipinski definition) is 1. The fourth-order valence-corrected chi connectivity index (χ4v) is 3.28. The molecule has 4 rings (SSSR count). The first-order chi connectivity index (χ1) is 13.1. The van der Waals surface area contributed by atoms with Gasteiger partial charge < -0.3 is 5.32 Å². The number of ketones is 1. The van der Waals surface area contributed by atoms with E-state index in [0.717, 1.165) is 36.2 Å². The molecule has 0 atom stereocenters. The molecule has 1 aromatic heterocycles. The maximum Gasteiger partial charge on any atom is 0.161 e. The fraction of sp³-hybridized carbons (Fsp3) is 0.304. The van der Waals surface area contributed by atoms with Crippen molar-refractivity contribution in [1.29, 1.82) is 0 Å². The van der Waals surface area contributed by atoms with Gasteiger partial charge in [-0.1, -0.05) is 48.5 Å². The lowest BCUT2D eigenvalue weighted by atomic mass is 10.1. The third-order valence-electron chi connectivity index (χ3n) is 4.75. The number of pyridine rings is 1. The number of nitrogens with one attached hydrogen (secondary N) is 1. The van der Waals surface area contributed by atoms with Gasteiger partial charge in [0.15, 0.2) is 5.78 Å². The van der Waals surface area contributed by atoms with Crippen LogP contribution in [0.2, 0.25) is 0 Å². The minimum Gasteiger partial charge on any atom is -0.314 e. The number of piperazine rings is 1. The van der Waals surface area contributed by atoms with Gasteiger partial charge in [0, 0.05) is 49.4 Å². The minimum atomic E-state index is 0.0701. The first-order valence-electron chi connectivity index (χ1n) is 9.48. The quantitative estimate of drug-likeness (QED) is 0.720. The van der Waals surface area contributed by atoms with Gasteiger partial charge in [-0.2, -0.15) is 0 Å². The van der Waals surface area contributed by atoms with Crippen LogP contribution in [0.15, 0.2) is 60.7 Å². The van der Waals surface area contributed by atoms with Gasteiger partial charge in [0.05, 0.1) is 5.52 Å². The number of hydrogen-bond acceptors (Lipinski definition) is 4. The average Bonchev–Trinajstić information content (AvgIpc) is 2.69. The normalized spacial score (nSPS) is 14.4. The second-order valence-electron chi connectivity index (χ2n) is 6.88. The average molecular weight is 361 g/mol. The van der Waals surface area contributed by atoms with Gasteiger partial charge in [0.1, 0.15) is 0 Å². The van der Waals surface area contributed by atoms with Crippen molar-refractivity contribution in [2.75, 3.05) is 26.2 Å². The Hall–Kier alpha value is -2.56. The van der Waals surface area contributed by atoms with Crippen molar-refractivity contribution in [3.63, 3.8) is 0 Å². The molecule has 140 valence electrons. The SMILES string of the molecule is CC(=O)c1cc2ccccc2nc1C.c1ccc(CN2CCNCC2)cc1. The molecule has 1 N–H and O–H groups in total.